The molecule has 0 saturated heterocycles. The highest BCUT2D eigenvalue weighted by Crippen LogP contribution is 2.16. The fourth-order valence-corrected chi connectivity index (χ4v) is 6.37. The first-order valence-corrected chi connectivity index (χ1v) is 20.7. The average molecular weight is 707 g/mol. The Labute approximate surface area is 312 Å². The summed E-state index contributed by atoms with van der Waals surface area (Å²) in [6, 6.07) is 15.7. The van der Waals surface area contributed by atoms with Crippen LogP contribution < -0.4 is 21.3 Å². The first kappa shape index (κ1) is 44.1. The number of hydrogen-bond acceptors (Lipinski definition) is 4. The summed E-state index contributed by atoms with van der Waals surface area (Å²) in [4.78, 5) is 30.2. The fraction of sp³-hybridized carbons (Fsp3) is 0.674. The van der Waals surface area contributed by atoms with E-state index in [1.165, 1.54) is 103 Å². The van der Waals surface area contributed by atoms with Gasteiger partial charge in [0.15, 0.2) is 0 Å². The number of nitrogens with zero attached hydrogens (tertiary/aromatic N) is 2. The molecule has 0 atom stereocenters. The molecule has 0 aliphatic rings. The van der Waals surface area contributed by atoms with Crippen molar-refractivity contribution >= 4 is 23.4 Å². The molecule has 0 aromatic heterocycles. The summed E-state index contributed by atoms with van der Waals surface area (Å²) < 4.78 is 0. The highest BCUT2D eigenvalue weighted by atomic mass is 16.2. The molecule has 0 unspecified atom stereocenters. The minimum Gasteiger partial charge on any atom is -0.337 e. The molecule has 0 fully saturated rings. The molecule has 8 nitrogen and oxygen atoms in total. The van der Waals surface area contributed by atoms with Gasteiger partial charge in [-0.25, -0.2) is 9.59 Å². The van der Waals surface area contributed by atoms with Gasteiger partial charge in [0.1, 0.15) is 0 Å². The molecule has 4 N–H and O–H groups in total. The second-order valence-corrected chi connectivity index (χ2v) is 14.3. The summed E-state index contributed by atoms with van der Waals surface area (Å²) in [5.74, 6) is 0. The first-order valence-electron chi connectivity index (χ1n) is 20.7. The lowest BCUT2D eigenvalue weighted by atomic mass is 10.0. The van der Waals surface area contributed by atoms with Crippen LogP contribution in [-0.4, -0.2) is 74.2 Å². The number of hydrogen-bond donors (Lipinski definition) is 4. The molecule has 0 aliphatic heterocycles. The van der Waals surface area contributed by atoms with Gasteiger partial charge in [0, 0.05) is 37.6 Å². The van der Waals surface area contributed by atoms with Crippen LogP contribution in [0.1, 0.15) is 142 Å². The molecule has 288 valence electrons. The molecule has 51 heavy (non-hydrogen) atoms. The number of carbonyl (C=O) groups excluding carboxylic acids is 2. The van der Waals surface area contributed by atoms with Crippen LogP contribution in [0.25, 0.3) is 0 Å². The highest BCUT2D eigenvalue weighted by molar-refractivity contribution is 5.89. The molecule has 0 heterocycles. The van der Waals surface area contributed by atoms with E-state index in [0.29, 0.717) is 13.1 Å². The number of rotatable bonds is 30. The van der Waals surface area contributed by atoms with Crippen molar-refractivity contribution in [3.8, 4) is 0 Å². The molecule has 0 bridgehead atoms. The van der Waals surface area contributed by atoms with Crippen molar-refractivity contribution in [1.29, 1.82) is 0 Å². The Bertz CT molecular complexity index is 1050. The number of unbranched alkanes of at least 4 members (excludes halogenated alkanes) is 12. The molecule has 8 heteroatoms. The Morgan fingerprint density at radius 2 is 0.745 bits per heavy atom. The van der Waals surface area contributed by atoms with E-state index in [2.05, 4.69) is 83.0 Å². The second-order valence-electron chi connectivity index (χ2n) is 14.3. The maximum absolute atomic E-state index is 12.6. The lowest BCUT2D eigenvalue weighted by Gasteiger charge is -2.22. The van der Waals surface area contributed by atoms with Crippen LogP contribution in [0.3, 0.4) is 0 Å². The van der Waals surface area contributed by atoms with Gasteiger partial charge in [0.05, 0.1) is 0 Å². The summed E-state index contributed by atoms with van der Waals surface area (Å²) in [6.45, 7) is 16.5. The summed E-state index contributed by atoms with van der Waals surface area (Å²) in [5, 5.41) is 12.1. The number of anilines is 2. The fourth-order valence-electron chi connectivity index (χ4n) is 6.37. The maximum atomic E-state index is 12.6. The van der Waals surface area contributed by atoms with Crippen LogP contribution >= 0.6 is 0 Å². The summed E-state index contributed by atoms with van der Waals surface area (Å²) >= 11 is 0. The van der Waals surface area contributed by atoms with E-state index in [-0.39, 0.29) is 12.1 Å². The van der Waals surface area contributed by atoms with Gasteiger partial charge >= 0.3 is 12.1 Å². The van der Waals surface area contributed by atoms with Crippen molar-refractivity contribution in [3.05, 3.63) is 59.7 Å². The largest absolute Gasteiger partial charge is 0.337 e. The number of nitrogens with one attached hydrogen (secondary N) is 4. The number of urea groups is 2. The highest BCUT2D eigenvalue weighted by Gasteiger charge is 2.09. The van der Waals surface area contributed by atoms with E-state index in [1.807, 2.05) is 24.3 Å². The Morgan fingerprint density at radius 3 is 1.10 bits per heavy atom. The Hall–Kier alpha value is -3.10. The van der Waals surface area contributed by atoms with Crippen molar-refractivity contribution in [2.24, 2.45) is 0 Å². The molecule has 2 rings (SSSR count). The van der Waals surface area contributed by atoms with Crippen LogP contribution in [0, 0.1) is 0 Å². The second kappa shape index (κ2) is 29.5. The topological polar surface area (TPSA) is 88.7 Å². The quantitative estimate of drug-likeness (QED) is 0.0609. The predicted molar refractivity (Wildman–Crippen MR) is 219 cm³/mol. The smallest absolute Gasteiger partial charge is 0.319 e. The molecule has 0 saturated carbocycles. The van der Waals surface area contributed by atoms with Gasteiger partial charge in [-0.3, -0.25) is 0 Å². The zero-order chi connectivity index (χ0) is 36.8. The third kappa shape index (κ3) is 22.4. The lowest BCUT2D eigenvalue weighted by Crippen LogP contribution is -2.37. The normalized spacial score (nSPS) is 11.3. The van der Waals surface area contributed by atoms with E-state index in [4.69, 9.17) is 0 Å². The molecule has 4 amide bonds. The molecule has 0 aliphatic carbocycles. The molecular weight excluding hydrogens is 633 g/mol. The van der Waals surface area contributed by atoms with Gasteiger partial charge in [0.25, 0.3) is 0 Å². The van der Waals surface area contributed by atoms with E-state index in [1.54, 1.807) is 0 Å². The Morgan fingerprint density at radius 1 is 0.431 bits per heavy atom. The van der Waals surface area contributed by atoms with Crippen LogP contribution in [-0.2, 0) is 6.42 Å². The van der Waals surface area contributed by atoms with Gasteiger partial charge in [-0.05, 0) is 93.7 Å². The molecule has 0 radical (unpaired) electrons. The monoisotopic (exact) mass is 707 g/mol. The SMILES string of the molecule is CCCCCCCN(CCCCC)CCNC(=O)Nc1ccc(Cc2ccc(NC(=O)NCCN(CCCCC)CCCCCCC)cc2)cc1. The standard InChI is InChI=1S/C43H74N6O2/c1-5-9-13-15-19-33-48(31-17-11-7-3)35-29-44-42(50)46-40-25-21-38(22-26-40)37-39-23-27-41(28-24-39)47-43(51)45-30-36-49(32-18-12-8-4)34-20-16-14-10-6-2/h21-28H,5-20,29-37H2,1-4H3,(H2,44,46,50)(H2,45,47,51). The van der Waals surface area contributed by atoms with Crippen molar-refractivity contribution in [2.45, 2.75) is 137 Å². The van der Waals surface area contributed by atoms with Crippen molar-refractivity contribution in [1.82, 2.24) is 20.4 Å². The van der Waals surface area contributed by atoms with Crippen LogP contribution in [0.5, 0.6) is 0 Å². The molecule has 2 aromatic rings. The zero-order valence-corrected chi connectivity index (χ0v) is 33.0. The lowest BCUT2D eigenvalue weighted by molar-refractivity contribution is 0.241. The van der Waals surface area contributed by atoms with Crippen LogP contribution in [0.15, 0.2) is 48.5 Å². The van der Waals surface area contributed by atoms with Gasteiger partial charge in [-0.2, -0.15) is 0 Å². The Kier molecular flexibility index (Phi) is 25.5. The van der Waals surface area contributed by atoms with Crippen LogP contribution in [0.4, 0.5) is 21.0 Å². The van der Waals surface area contributed by atoms with Crippen molar-refractivity contribution in [2.75, 3.05) is 63.0 Å². The summed E-state index contributed by atoms with van der Waals surface area (Å²) in [5.41, 5.74) is 3.90. The van der Waals surface area contributed by atoms with E-state index >= 15 is 0 Å². The number of benzene rings is 2. The zero-order valence-electron chi connectivity index (χ0n) is 33.0. The number of carbonyl (C=O) groups is 2. The van der Waals surface area contributed by atoms with Gasteiger partial charge in [0.2, 0.25) is 0 Å². The summed E-state index contributed by atoms with van der Waals surface area (Å²) in [7, 11) is 0. The maximum Gasteiger partial charge on any atom is 0.319 e. The third-order valence-electron chi connectivity index (χ3n) is 9.57. The summed E-state index contributed by atoms with van der Waals surface area (Å²) in [6.07, 6.45) is 21.1. The van der Waals surface area contributed by atoms with Crippen molar-refractivity contribution in [3.63, 3.8) is 0 Å². The van der Waals surface area contributed by atoms with Gasteiger partial charge in [-0.15, -0.1) is 0 Å². The van der Waals surface area contributed by atoms with Gasteiger partial charge < -0.3 is 31.1 Å². The predicted octanol–water partition coefficient (Wildman–Crippen LogP) is 10.4. The minimum absolute atomic E-state index is 0.159. The average Bonchev–Trinajstić information content (AvgIpc) is 3.12. The number of amides is 4. The minimum atomic E-state index is -0.159. The first-order chi connectivity index (χ1) is 25.0. The molecular formula is C43H74N6O2. The van der Waals surface area contributed by atoms with E-state index in [0.717, 1.165) is 68.2 Å². The van der Waals surface area contributed by atoms with Gasteiger partial charge in [-0.1, -0.05) is 129 Å². The van der Waals surface area contributed by atoms with E-state index < -0.39 is 0 Å². The van der Waals surface area contributed by atoms with E-state index in [9.17, 15) is 9.59 Å². The molecule has 2 aromatic carbocycles. The van der Waals surface area contributed by atoms with Crippen molar-refractivity contribution < 1.29 is 9.59 Å². The molecule has 0 spiro atoms. The third-order valence-corrected chi connectivity index (χ3v) is 9.57. The van der Waals surface area contributed by atoms with Crippen LogP contribution in [0.2, 0.25) is 0 Å². The Balaban J connectivity index is 1.71.